The van der Waals surface area contributed by atoms with Crippen LogP contribution in [0.2, 0.25) is 0 Å². The van der Waals surface area contributed by atoms with Crippen LogP contribution in [0, 0.1) is 0 Å². The van der Waals surface area contributed by atoms with E-state index in [-0.39, 0.29) is 11.8 Å². The zero-order valence-electron chi connectivity index (χ0n) is 15.0. The van der Waals surface area contributed by atoms with Gasteiger partial charge in [0.05, 0.1) is 5.75 Å². The SMILES string of the molecule is O=S(=O)(CCNc1nc(N2CCNCC2)nn2cc(Br)cc12)NC1CCC1. The van der Waals surface area contributed by atoms with Gasteiger partial charge in [0.15, 0.2) is 5.82 Å². The third-order valence-electron chi connectivity index (χ3n) is 4.93. The largest absolute Gasteiger partial charge is 0.367 e. The molecule has 0 atom stereocenters. The first-order valence-electron chi connectivity index (χ1n) is 9.26. The van der Waals surface area contributed by atoms with Gasteiger partial charge in [0.1, 0.15) is 5.52 Å². The summed E-state index contributed by atoms with van der Waals surface area (Å²) in [6.45, 7) is 3.76. The van der Waals surface area contributed by atoms with Gasteiger partial charge in [-0.15, -0.1) is 5.10 Å². The minimum Gasteiger partial charge on any atom is -0.367 e. The number of fused-ring (bicyclic) bond motifs is 1. The van der Waals surface area contributed by atoms with Crippen LogP contribution in [-0.2, 0) is 10.0 Å². The molecule has 0 amide bonds. The predicted molar refractivity (Wildman–Crippen MR) is 109 cm³/mol. The number of piperazine rings is 1. The molecule has 1 aliphatic carbocycles. The third-order valence-corrected chi connectivity index (χ3v) is 6.80. The highest BCUT2D eigenvalue weighted by molar-refractivity contribution is 9.10. The molecule has 1 saturated heterocycles. The van der Waals surface area contributed by atoms with Crippen molar-refractivity contribution in [2.75, 3.05) is 48.7 Å². The maximum Gasteiger partial charge on any atom is 0.245 e. The van der Waals surface area contributed by atoms with Gasteiger partial charge in [-0.2, -0.15) is 4.98 Å². The Bertz CT molecular complexity index is 907. The molecule has 2 fully saturated rings. The van der Waals surface area contributed by atoms with Crippen LogP contribution in [0.3, 0.4) is 0 Å². The van der Waals surface area contributed by atoms with E-state index in [9.17, 15) is 8.42 Å². The van der Waals surface area contributed by atoms with Gasteiger partial charge in [0.25, 0.3) is 0 Å². The molecule has 0 unspecified atom stereocenters. The number of halogens is 1. The highest BCUT2D eigenvalue weighted by atomic mass is 79.9. The standard InChI is InChI=1S/C16H24BrN7O2S/c17-12-10-14-15(19-6-9-27(25,26)22-13-2-1-3-13)20-16(21-24(14)11-12)23-7-4-18-5-8-23/h10-11,13,18,22H,1-9H2,(H,19,20,21). The van der Waals surface area contributed by atoms with Crippen molar-refractivity contribution >= 4 is 43.2 Å². The summed E-state index contributed by atoms with van der Waals surface area (Å²) < 4.78 is 29.8. The number of hydrogen-bond acceptors (Lipinski definition) is 7. The molecule has 3 N–H and O–H groups in total. The van der Waals surface area contributed by atoms with E-state index in [2.05, 4.69) is 46.3 Å². The van der Waals surface area contributed by atoms with Gasteiger partial charge in [-0.1, -0.05) is 6.42 Å². The molecule has 1 saturated carbocycles. The summed E-state index contributed by atoms with van der Waals surface area (Å²) in [6.07, 6.45) is 4.85. The van der Waals surface area contributed by atoms with E-state index in [0.717, 1.165) is 55.4 Å². The monoisotopic (exact) mass is 457 g/mol. The van der Waals surface area contributed by atoms with Crippen molar-refractivity contribution in [3.63, 3.8) is 0 Å². The zero-order chi connectivity index (χ0) is 18.9. The highest BCUT2D eigenvalue weighted by Crippen LogP contribution is 2.23. The fraction of sp³-hybridized carbons (Fsp3) is 0.625. The van der Waals surface area contributed by atoms with Crippen LogP contribution in [0.1, 0.15) is 19.3 Å². The summed E-state index contributed by atoms with van der Waals surface area (Å²) in [5.41, 5.74) is 0.810. The normalized spacial score (nSPS) is 18.6. The van der Waals surface area contributed by atoms with Crippen molar-refractivity contribution in [2.45, 2.75) is 25.3 Å². The van der Waals surface area contributed by atoms with Crippen LogP contribution in [0.4, 0.5) is 11.8 Å². The molecule has 11 heteroatoms. The number of aromatic nitrogens is 3. The lowest BCUT2D eigenvalue weighted by Crippen LogP contribution is -2.44. The van der Waals surface area contributed by atoms with E-state index in [1.54, 1.807) is 4.52 Å². The third kappa shape index (κ3) is 4.53. The molecule has 3 heterocycles. The summed E-state index contributed by atoms with van der Waals surface area (Å²) in [6, 6.07) is 2.03. The lowest BCUT2D eigenvalue weighted by Gasteiger charge is -2.27. The molecule has 2 aromatic rings. The van der Waals surface area contributed by atoms with Crippen LogP contribution in [0.15, 0.2) is 16.7 Å². The first kappa shape index (κ1) is 18.9. The molecule has 2 aromatic heterocycles. The number of sulfonamides is 1. The summed E-state index contributed by atoms with van der Waals surface area (Å²) in [5.74, 6) is 1.30. The number of hydrogen-bond donors (Lipinski definition) is 3. The minimum absolute atomic E-state index is 0.0184. The lowest BCUT2D eigenvalue weighted by atomic mass is 9.94. The molecule has 148 valence electrons. The van der Waals surface area contributed by atoms with Crippen LogP contribution >= 0.6 is 15.9 Å². The van der Waals surface area contributed by atoms with Gasteiger partial charge in [-0.3, -0.25) is 0 Å². The van der Waals surface area contributed by atoms with Crippen molar-refractivity contribution in [1.29, 1.82) is 0 Å². The van der Waals surface area contributed by atoms with E-state index in [1.165, 1.54) is 0 Å². The highest BCUT2D eigenvalue weighted by Gasteiger charge is 2.23. The average molecular weight is 458 g/mol. The Hall–Kier alpha value is -1.43. The maximum absolute atomic E-state index is 12.2. The van der Waals surface area contributed by atoms with Crippen molar-refractivity contribution in [1.82, 2.24) is 24.6 Å². The van der Waals surface area contributed by atoms with Crippen molar-refractivity contribution < 1.29 is 8.42 Å². The van der Waals surface area contributed by atoms with Crippen molar-refractivity contribution in [2.24, 2.45) is 0 Å². The van der Waals surface area contributed by atoms with Gasteiger partial charge >= 0.3 is 0 Å². The molecule has 0 aromatic carbocycles. The van der Waals surface area contributed by atoms with Crippen LogP contribution < -0.4 is 20.3 Å². The number of rotatable bonds is 7. The molecule has 0 bridgehead atoms. The predicted octanol–water partition coefficient (Wildman–Crippen LogP) is 0.785. The van der Waals surface area contributed by atoms with Gasteiger partial charge in [-0.25, -0.2) is 17.7 Å². The summed E-state index contributed by atoms with van der Waals surface area (Å²) in [4.78, 5) is 6.79. The molecule has 9 nitrogen and oxygen atoms in total. The fourth-order valence-corrected chi connectivity index (χ4v) is 4.87. The Labute approximate surface area is 167 Å². The minimum atomic E-state index is -3.28. The van der Waals surface area contributed by atoms with Gasteiger partial charge in [0.2, 0.25) is 16.0 Å². The fourth-order valence-electron chi connectivity index (χ4n) is 3.23. The van der Waals surface area contributed by atoms with Crippen LogP contribution in [-0.4, -0.2) is 67.5 Å². The Morgan fingerprint density at radius 2 is 2.07 bits per heavy atom. The molecular formula is C16H24BrN7O2S. The lowest BCUT2D eigenvalue weighted by molar-refractivity contribution is 0.383. The smallest absolute Gasteiger partial charge is 0.245 e. The van der Waals surface area contributed by atoms with Gasteiger partial charge in [0, 0.05) is 49.4 Å². The molecule has 2 aliphatic rings. The van der Waals surface area contributed by atoms with E-state index in [0.29, 0.717) is 18.3 Å². The zero-order valence-corrected chi connectivity index (χ0v) is 17.4. The number of nitrogens with zero attached hydrogens (tertiary/aromatic N) is 4. The average Bonchev–Trinajstić information content (AvgIpc) is 2.99. The number of anilines is 2. The Morgan fingerprint density at radius 1 is 1.30 bits per heavy atom. The molecule has 27 heavy (non-hydrogen) atoms. The topological polar surface area (TPSA) is 104 Å². The van der Waals surface area contributed by atoms with Crippen LogP contribution in [0.5, 0.6) is 0 Å². The maximum atomic E-state index is 12.2. The molecular weight excluding hydrogens is 434 g/mol. The molecule has 4 rings (SSSR count). The second-order valence-electron chi connectivity index (χ2n) is 6.98. The van der Waals surface area contributed by atoms with Gasteiger partial charge < -0.3 is 15.5 Å². The van der Waals surface area contributed by atoms with E-state index >= 15 is 0 Å². The Kier molecular flexibility index (Phi) is 5.53. The molecule has 0 spiro atoms. The molecule has 1 aliphatic heterocycles. The van der Waals surface area contributed by atoms with E-state index in [1.807, 2.05) is 12.3 Å². The van der Waals surface area contributed by atoms with Crippen molar-refractivity contribution in [3.8, 4) is 0 Å². The quantitative estimate of drug-likeness (QED) is 0.564. The summed E-state index contributed by atoms with van der Waals surface area (Å²) >= 11 is 3.47. The van der Waals surface area contributed by atoms with Gasteiger partial charge in [-0.05, 0) is 34.8 Å². The van der Waals surface area contributed by atoms with Crippen LogP contribution in [0.25, 0.3) is 5.52 Å². The summed E-state index contributed by atoms with van der Waals surface area (Å²) in [7, 11) is -3.28. The Balaban J connectivity index is 1.49. The number of nitrogens with one attached hydrogen (secondary N) is 3. The second kappa shape index (κ2) is 7.90. The Morgan fingerprint density at radius 3 is 2.78 bits per heavy atom. The van der Waals surface area contributed by atoms with E-state index in [4.69, 9.17) is 0 Å². The first-order valence-corrected chi connectivity index (χ1v) is 11.7. The summed E-state index contributed by atoms with van der Waals surface area (Å²) in [5, 5.41) is 11.1. The van der Waals surface area contributed by atoms with Crippen molar-refractivity contribution in [3.05, 3.63) is 16.7 Å². The van der Waals surface area contributed by atoms with E-state index < -0.39 is 10.0 Å². The molecule has 0 radical (unpaired) electrons. The first-order chi connectivity index (χ1) is 13.0. The second-order valence-corrected chi connectivity index (χ2v) is 9.77.